The summed E-state index contributed by atoms with van der Waals surface area (Å²) >= 11 is 1.57. The lowest BCUT2D eigenvalue weighted by Gasteiger charge is -2.39. The Morgan fingerprint density at radius 1 is 1.09 bits per heavy atom. The summed E-state index contributed by atoms with van der Waals surface area (Å²) in [6.45, 7) is 1.71. The predicted octanol–water partition coefficient (Wildman–Crippen LogP) is 4.03. The second-order valence-corrected chi connectivity index (χ2v) is 8.68. The van der Waals surface area contributed by atoms with Crippen molar-refractivity contribution in [3.05, 3.63) is 78.1 Å². The van der Waals surface area contributed by atoms with Crippen molar-refractivity contribution in [3.8, 4) is 27.6 Å². The predicted molar refractivity (Wildman–Crippen MR) is 129 cm³/mol. The van der Waals surface area contributed by atoms with Gasteiger partial charge in [-0.25, -0.2) is 15.0 Å². The van der Waals surface area contributed by atoms with Crippen LogP contribution in [0.1, 0.15) is 5.69 Å². The summed E-state index contributed by atoms with van der Waals surface area (Å²) in [5.74, 6) is 1.65. The van der Waals surface area contributed by atoms with Crippen molar-refractivity contribution >= 4 is 23.1 Å². The minimum atomic E-state index is -0.0557. The maximum absolute atomic E-state index is 12.6. The van der Waals surface area contributed by atoms with Crippen molar-refractivity contribution in [1.82, 2.24) is 20.3 Å². The summed E-state index contributed by atoms with van der Waals surface area (Å²) in [5.41, 5.74) is 3.82. The Hall–Kier alpha value is -3.78. The molecule has 0 aliphatic carbocycles. The van der Waals surface area contributed by atoms with E-state index >= 15 is 0 Å². The first kappa shape index (κ1) is 21.1. The van der Waals surface area contributed by atoms with Crippen LogP contribution < -0.4 is 15.0 Å². The molecule has 5 rings (SSSR count). The molecule has 1 fully saturated rings. The van der Waals surface area contributed by atoms with Gasteiger partial charge in [0.05, 0.1) is 31.0 Å². The number of hydrogen-bond donors (Lipinski definition) is 1. The lowest BCUT2D eigenvalue weighted by atomic mass is 9.99. The maximum atomic E-state index is 12.6. The Morgan fingerprint density at radius 2 is 1.88 bits per heavy atom. The van der Waals surface area contributed by atoms with E-state index < -0.39 is 0 Å². The van der Waals surface area contributed by atoms with Crippen LogP contribution in [0, 0.1) is 5.92 Å². The molecule has 2 aromatic carbocycles. The Kier molecular flexibility index (Phi) is 5.99. The molecule has 1 amide bonds. The number of carbonyl (C=O) groups is 1. The minimum Gasteiger partial charge on any atom is -0.497 e. The first-order valence-electron chi connectivity index (χ1n) is 10.7. The Balaban J connectivity index is 1.14. The van der Waals surface area contributed by atoms with E-state index in [1.54, 1.807) is 24.8 Å². The Morgan fingerprint density at radius 3 is 2.64 bits per heavy atom. The van der Waals surface area contributed by atoms with Crippen molar-refractivity contribution in [2.75, 3.05) is 25.1 Å². The van der Waals surface area contributed by atoms with Crippen LogP contribution >= 0.6 is 11.3 Å². The van der Waals surface area contributed by atoms with Crippen LogP contribution in [-0.4, -0.2) is 41.1 Å². The zero-order chi connectivity index (χ0) is 22.6. The van der Waals surface area contributed by atoms with Gasteiger partial charge in [0.15, 0.2) is 0 Å². The highest BCUT2D eigenvalue weighted by Crippen LogP contribution is 2.27. The van der Waals surface area contributed by atoms with Gasteiger partial charge in [-0.15, -0.1) is 11.3 Å². The van der Waals surface area contributed by atoms with Gasteiger partial charge >= 0.3 is 0 Å². The van der Waals surface area contributed by atoms with Crippen LogP contribution in [0.2, 0.25) is 0 Å². The largest absolute Gasteiger partial charge is 0.497 e. The summed E-state index contributed by atoms with van der Waals surface area (Å²) in [7, 11) is 1.65. The molecule has 2 aromatic heterocycles. The summed E-state index contributed by atoms with van der Waals surface area (Å²) in [6, 6.07) is 19.8. The van der Waals surface area contributed by atoms with Gasteiger partial charge in [-0.3, -0.25) is 4.79 Å². The molecule has 1 saturated heterocycles. The fourth-order valence-corrected chi connectivity index (χ4v) is 4.52. The van der Waals surface area contributed by atoms with E-state index in [0.717, 1.165) is 39.1 Å². The molecule has 0 unspecified atom stereocenters. The monoisotopic (exact) mass is 457 g/mol. The summed E-state index contributed by atoms with van der Waals surface area (Å²) < 4.78 is 5.20. The molecule has 0 radical (unpaired) electrons. The van der Waals surface area contributed by atoms with E-state index in [9.17, 15) is 4.79 Å². The average Bonchev–Trinajstić information content (AvgIpc) is 3.32. The van der Waals surface area contributed by atoms with Crippen LogP contribution in [0.5, 0.6) is 5.75 Å². The maximum Gasteiger partial charge on any atom is 0.227 e. The number of benzene rings is 2. The van der Waals surface area contributed by atoms with E-state index in [1.165, 1.54) is 0 Å². The zero-order valence-corrected chi connectivity index (χ0v) is 19.0. The van der Waals surface area contributed by atoms with Gasteiger partial charge < -0.3 is 15.0 Å². The molecule has 8 heteroatoms. The molecule has 0 atom stereocenters. The molecule has 4 aromatic rings. The Bertz CT molecular complexity index is 1240. The van der Waals surface area contributed by atoms with E-state index in [2.05, 4.69) is 25.2 Å². The van der Waals surface area contributed by atoms with Gasteiger partial charge in [-0.2, -0.15) is 0 Å². The molecular formula is C25H23N5O2S. The average molecular weight is 458 g/mol. The fourth-order valence-electron chi connectivity index (χ4n) is 3.69. The number of ether oxygens (including phenoxy) is 1. The number of aromatic nitrogens is 3. The number of carbonyl (C=O) groups excluding carboxylic acids is 1. The lowest BCUT2D eigenvalue weighted by Crippen LogP contribution is -2.54. The summed E-state index contributed by atoms with van der Waals surface area (Å²) in [5, 5.41) is 5.93. The van der Waals surface area contributed by atoms with Crippen molar-refractivity contribution in [2.24, 2.45) is 5.92 Å². The minimum absolute atomic E-state index is 0.0441. The third-order valence-corrected chi connectivity index (χ3v) is 6.57. The molecule has 1 aliphatic heterocycles. The molecule has 0 bridgehead atoms. The first-order valence-corrected chi connectivity index (χ1v) is 11.6. The van der Waals surface area contributed by atoms with Gasteiger partial charge in [0.25, 0.3) is 0 Å². The van der Waals surface area contributed by atoms with Gasteiger partial charge in [-0.1, -0.05) is 30.3 Å². The summed E-state index contributed by atoms with van der Waals surface area (Å²) in [4.78, 5) is 28.1. The number of nitrogens with one attached hydrogen (secondary N) is 1. The number of nitrogens with zero attached hydrogens (tertiary/aromatic N) is 4. The summed E-state index contributed by atoms with van der Waals surface area (Å²) in [6.07, 6.45) is 1.58. The molecule has 166 valence electrons. The number of hydrogen-bond acceptors (Lipinski definition) is 7. The van der Waals surface area contributed by atoms with Crippen LogP contribution in [0.25, 0.3) is 21.8 Å². The molecule has 1 N–H and O–H groups in total. The number of rotatable bonds is 7. The van der Waals surface area contributed by atoms with Crippen LogP contribution in [0.4, 0.5) is 5.82 Å². The second-order valence-electron chi connectivity index (χ2n) is 7.82. The zero-order valence-electron chi connectivity index (χ0n) is 18.1. The number of amides is 1. The third-order valence-electron chi connectivity index (χ3n) is 5.63. The third kappa shape index (κ3) is 4.70. The van der Waals surface area contributed by atoms with Gasteiger partial charge in [0, 0.05) is 35.7 Å². The number of thiazole rings is 1. The van der Waals surface area contributed by atoms with E-state index in [-0.39, 0.29) is 11.8 Å². The standard InChI is InChI=1S/C25H23N5O2S/c1-32-21-9-7-18(8-10-21)25-29-20(15-33-25)12-26-24(31)19-13-30(14-19)23-11-22(27-16-28-23)17-5-3-2-4-6-17/h2-11,15-16,19H,12-14H2,1H3,(H,26,31). The molecule has 7 nitrogen and oxygen atoms in total. The van der Waals surface area contributed by atoms with Crippen LogP contribution in [-0.2, 0) is 11.3 Å². The van der Waals surface area contributed by atoms with Gasteiger partial charge in [-0.05, 0) is 24.3 Å². The smallest absolute Gasteiger partial charge is 0.227 e. The second kappa shape index (κ2) is 9.38. The van der Waals surface area contributed by atoms with Crippen LogP contribution in [0.3, 0.4) is 0 Å². The van der Waals surface area contributed by atoms with E-state index in [1.807, 2.05) is 66.0 Å². The normalized spacial score (nSPS) is 13.4. The highest BCUT2D eigenvalue weighted by atomic mass is 32.1. The lowest BCUT2D eigenvalue weighted by molar-refractivity contribution is -0.125. The molecule has 3 heterocycles. The molecule has 33 heavy (non-hydrogen) atoms. The molecule has 1 aliphatic rings. The first-order chi connectivity index (χ1) is 16.2. The van der Waals surface area contributed by atoms with Gasteiger partial charge in [0.2, 0.25) is 5.91 Å². The molecule has 0 saturated carbocycles. The van der Waals surface area contributed by atoms with Crippen LogP contribution in [0.15, 0.2) is 72.4 Å². The quantitative estimate of drug-likeness (QED) is 0.451. The van der Waals surface area contributed by atoms with Crippen molar-refractivity contribution < 1.29 is 9.53 Å². The number of anilines is 1. The van der Waals surface area contributed by atoms with Crippen molar-refractivity contribution in [3.63, 3.8) is 0 Å². The molecule has 0 spiro atoms. The van der Waals surface area contributed by atoms with Crippen molar-refractivity contribution in [2.45, 2.75) is 6.54 Å². The van der Waals surface area contributed by atoms with Crippen molar-refractivity contribution in [1.29, 1.82) is 0 Å². The van der Waals surface area contributed by atoms with Gasteiger partial charge in [0.1, 0.15) is 22.9 Å². The van der Waals surface area contributed by atoms with E-state index in [4.69, 9.17) is 4.74 Å². The Labute approximate surface area is 196 Å². The number of methoxy groups -OCH3 is 1. The fraction of sp³-hybridized carbons (Fsp3) is 0.200. The molecular weight excluding hydrogens is 434 g/mol. The SMILES string of the molecule is COc1ccc(-c2nc(CNC(=O)C3CN(c4cc(-c5ccccc5)ncn4)C3)cs2)cc1. The highest BCUT2D eigenvalue weighted by molar-refractivity contribution is 7.13. The highest BCUT2D eigenvalue weighted by Gasteiger charge is 2.33. The topological polar surface area (TPSA) is 80.2 Å². The van der Waals surface area contributed by atoms with E-state index in [0.29, 0.717) is 19.6 Å².